The molecule has 0 unspecified atom stereocenters. The molecule has 1 aliphatic rings. The highest BCUT2D eigenvalue weighted by atomic mass is 16.5. The van der Waals surface area contributed by atoms with Crippen LogP contribution in [-0.2, 0) is 6.42 Å². The van der Waals surface area contributed by atoms with Crippen LogP contribution in [0, 0.1) is 0 Å². The number of fused-ring (bicyclic) bond motifs is 1. The number of para-hydroxylation sites is 2. The van der Waals surface area contributed by atoms with Gasteiger partial charge in [0.2, 0.25) is 0 Å². The van der Waals surface area contributed by atoms with Gasteiger partial charge >= 0.3 is 0 Å². The van der Waals surface area contributed by atoms with Gasteiger partial charge in [-0.3, -0.25) is 4.98 Å². The number of aliphatic hydroxyl groups is 1. The summed E-state index contributed by atoms with van der Waals surface area (Å²) in [4.78, 5) is 9.51. The lowest BCUT2D eigenvalue weighted by atomic mass is 10.1. The van der Waals surface area contributed by atoms with Crippen molar-refractivity contribution >= 4 is 10.9 Å². The minimum Gasteiger partial charge on any atom is -0.496 e. The largest absolute Gasteiger partial charge is 0.496 e. The molecule has 4 aromatic rings. The Labute approximate surface area is 180 Å². The van der Waals surface area contributed by atoms with Crippen LogP contribution >= 0.6 is 0 Å². The molecule has 7 heteroatoms. The Morgan fingerprint density at radius 2 is 1.94 bits per heavy atom. The van der Waals surface area contributed by atoms with Crippen LogP contribution in [0.5, 0.6) is 5.75 Å². The molecule has 3 N–H and O–H groups in total. The number of aromatic nitrogens is 4. The number of pyridine rings is 1. The first kappa shape index (κ1) is 19.7. The van der Waals surface area contributed by atoms with Gasteiger partial charge in [0.1, 0.15) is 11.6 Å². The number of hydrogen-bond donors (Lipinski definition) is 2. The fourth-order valence-corrected chi connectivity index (χ4v) is 4.42. The first-order chi connectivity index (χ1) is 15.1. The van der Waals surface area contributed by atoms with Crippen molar-refractivity contribution in [1.82, 2.24) is 19.7 Å². The van der Waals surface area contributed by atoms with E-state index >= 15 is 0 Å². The second-order valence-electron chi connectivity index (χ2n) is 8.04. The highest BCUT2D eigenvalue weighted by Crippen LogP contribution is 2.35. The topological polar surface area (TPSA) is 99.1 Å². The summed E-state index contributed by atoms with van der Waals surface area (Å²) in [5, 5.41) is 16.2. The van der Waals surface area contributed by atoms with Gasteiger partial charge in [-0.2, -0.15) is 5.10 Å². The summed E-state index contributed by atoms with van der Waals surface area (Å²) in [7, 11) is 1.67. The van der Waals surface area contributed by atoms with Crippen molar-refractivity contribution in [3.63, 3.8) is 0 Å². The molecule has 1 fully saturated rings. The molecule has 0 amide bonds. The molecular weight excluding hydrogens is 390 g/mol. The third-order valence-corrected chi connectivity index (χ3v) is 6.00. The van der Waals surface area contributed by atoms with Crippen LogP contribution in [0.1, 0.15) is 36.0 Å². The molecule has 0 saturated heterocycles. The van der Waals surface area contributed by atoms with Gasteiger partial charge in [0, 0.05) is 35.5 Å². The van der Waals surface area contributed by atoms with E-state index in [1.54, 1.807) is 13.3 Å². The third-order valence-electron chi connectivity index (χ3n) is 6.00. The standard InChI is InChI=1S/C24H25N5O2/c1-31-21-10-3-2-6-16(21)14-22-27-24(17-12-18(25)20(30)13-17)29(28-22)19-9-4-7-15-8-5-11-26-23(15)19/h2-11,17-18,20,30H,12-14,25H2,1H3/t17-,18+,20+/m0/s1. The number of ether oxygens (including phenoxy) is 1. The lowest BCUT2D eigenvalue weighted by Gasteiger charge is -2.12. The van der Waals surface area contributed by atoms with E-state index in [4.69, 9.17) is 20.6 Å². The summed E-state index contributed by atoms with van der Waals surface area (Å²) in [5.74, 6) is 2.35. The number of aliphatic hydroxyl groups excluding tert-OH is 1. The number of benzene rings is 2. The molecule has 0 spiro atoms. The molecule has 5 rings (SSSR count). The molecule has 1 saturated carbocycles. The van der Waals surface area contributed by atoms with Crippen molar-refractivity contribution in [2.45, 2.75) is 37.3 Å². The number of rotatable bonds is 5. The highest BCUT2D eigenvalue weighted by molar-refractivity contribution is 5.86. The Bertz CT molecular complexity index is 1210. The van der Waals surface area contributed by atoms with Crippen LogP contribution < -0.4 is 10.5 Å². The summed E-state index contributed by atoms with van der Waals surface area (Å²) >= 11 is 0. The Balaban J connectivity index is 1.62. The molecule has 2 heterocycles. The fourth-order valence-electron chi connectivity index (χ4n) is 4.42. The number of nitrogens with zero attached hydrogens (tertiary/aromatic N) is 4. The van der Waals surface area contributed by atoms with Gasteiger partial charge in [-0.05, 0) is 31.0 Å². The molecule has 0 aliphatic heterocycles. The van der Waals surface area contributed by atoms with Crippen LogP contribution in [0.25, 0.3) is 16.6 Å². The van der Waals surface area contributed by atoms with E-state index in [0.717, 1.165) is 33.7 Å². The van der Waals surface area contributed by atoms with E-state index in [-0.39, 0.29) is 12.0 Å². The Hall–Kier alpha value is -3.29. The molecule has 158 valence electrons. The smallest absolute Gasteiger partial charge is 0.155 e. The predicted octanol–water partition coefficient (Wildman–Crippen LogP) is 2.98. The van der Waals surface area contributed by atoms with Crippen molar-refractivity contribution in [2.24, 2.45) is 5.73 Å². The summed E-state index contributed by atoms with van der Waals surface area (Å²) in [5.41, 5.74) is 8.88. The van der Waals surface area contributed by atoms with Gasteiger partial charge in [0.25, 0.3) is 0 Å². The van der Waals surface area contributed by atoms with E-state index in [1.165, 1.54) is 0 Å². The van der Waals surface area contributed by atoms with Gasteiger partial charge in [0.15, 0.2) is 5.82 Å². The minimum atomic E-state index is -0.529. The average molecular weight is 415 g/mol. The van der Waals surface area contributed by atoms with Crippen LogP contribution in [0.2, 0.25) is 0 Å². The maximum atomic E-state index is 10.3. The molecule has 3 atom stereocenters. The second-order valence-corrected chi connectivity index (χ2v) is 8.04. The van der Waals surface area contributed by atoms with Gasteiger partial charge in [-0.15, -0.1) is 0 Å². The Morgan fingerprint density at radius 1 is 1.10 bits per heavy atom. The summed E-state index contributed by atoms with van der Waals surface area (Å²) in [6.07, 6.45) is 3.05. The normalized spacial score (nSPS) is 20.9. The van der Waals surface area contributed by atoms with E-state index in [0.29, 0.717) is 25.1 Å². The summed E-state index contributed by atoms with van der Waals surface area (Å²) in [6, 6.07) is 17.6. The van der Waals surface area contributed by atoms with Crippen molar-refractivity contribution in [1.29, 1.82) is 0 Å². The predicted molar refractivity (Wildman–Crippen MR) is 118 cm³/mol. The maximum Gasteiger partial charge on any atom is 0.155 e. The molecule has 31 heavy (non-hydrogen) atoms. The highest BCUT2D eigenvalue weighted by Gasteiger charge is 2.35. The average Bonchev–Trinajstić information content (AvgIpc) is 3.36. The molecule has 0 bridgehead atoms. The Kier molecular flexibility index (Phi) is 5.13. The van der Waals surface area contributed by atoms with Crippen molar-refractivity contribution in [3.05, 3.63) is 78.0 Å². The molecule has 0 radical (unpaired) electrons. The lowest BCUT2D eigenvalue weighted by Crippen LogP contribution is -2.28. The zero-order chi connectivity index (χ0) is 21.4. The van der Waals surface area contributed by atoms with E-state index < -0.39 is 6.10 Å². The van der Waals surface area contributed by atoms with Crippen molar-refractivity contribution < 1.29 is 9.84 Å². The monoisotopic (exact) mass is 415 g/mol. The van der Waals surface area contributed by atoms with E-state index in [2.05, 4.69) is 4.98 Å². The van der Waals surface area contributed by atoms with Crippen LogP contribution in [-0.4, -0.2) is 44.1 Å². The lowest BCUT2D eigenvalue weighted by molar-refractivity contribution is 0.163. The van der Waals surface area contributed by atoms with Crippen LogP contribution in [0.15, 0.2) is 60.8 Å². The van der Waals surface area contributed by atoms with Crippen LogP contribution in [0.4, 0.5) is 0 Å². The number of methoxy groups -OCH3 is 1. The zero-order valence-corrected chi connectivity index (χ0v) is 17.3. The van der Waals surface area contributed by atoms with E-state index in [1.807, 2.05) is 59.3 Å². The molecule has 7 nitrogen and oxygen atoms in total. The van der Waals surface area contributed by atoms with Gasteiger partial charge in [-0.1, -0.05) is 36.4 Å². The Morgan fingerprint density at radius 3 is 2.74 bits per heavy atom. The second kappa shape index (κ2) is 8.09. The summed E-state index contributed by atoms with van der Waals surface area (Å²) < 4.78 is 7.39. The number of hydrogen-bond acceptors (Lipinski definition) is 6. The maximum absolute atomic E-state index is 10.3. The van der Waals surface area contributed by atoms with Crippen molar-refractivity contribution in [2.75, 3.05) is 7.11 Å². The van der Waals surface area contributed by atoms with E-state index in [9.17, 15) is 5.11 Å². The molecule has 2 aromatic carbocycles. The van der Waals surface area contributed by atoms with Gasteiger partial charge in [0.05, 0.1) is 24.4 Å². The third kappa shape index (κ3) is 3.66. The zero-order valence-electron chi connectivity index (χ0n) is 17.3. The SMILES string of the molecule is COc1ccccc1Cc1nc([C@H]2C[C@@H](N)[C@H](O)C2)n(-c2cccc3cccnc23)n1. The number of nitrogens with two attached hydrogens (primary N) is 1. The van der Waals surface area contributed by atoms with Gasteiger partial charge in [-0.25, -0.2) is 9.67 Å². The van der Waals surface area contributed by atoms with Gasteiger partial charge < -0.3 is 15.6 Å². The first-order valence-electron chi connectivity index (χ1n) is 10.5. The summed E-state index contributed by atoms with van der Waals surface area (Å²) in [6.45, 7) is 0. The molecule has 1 aliphatic carbocycles. The fraction of sp³-hybridized carbons (Fsp3) is 0.292. The molecule has 2 aromatic heterocycles. The minimum absolute atomic E-state index is 0.0305. The first-order valence-corrected chi connectivity index (χ1v) is 10.5. The van der Waals surface area contributed by atoms with Crippen molar-refractivity contribution in [3.8, 4) is 11.4 Å². The quantitative estimate of drug-likeness (QED) is 0.520. The van der Waals surface area contributed by atoms with Crippen LogP contribution in [0.3, 0.4) is 0 Å². The molecular formula is C24H25N5O2.